The summed E-state index contributed by atoms with van der Waals surface area (Å²) in [5.41, 5.74) is 1.66. The summed E-state index contributed by atoms with van der Waals surface area (Å²) in [6.07, 6.45) is 6.06. The van der Waals surface area contributed by atoms with Crippen molar-refractivity contribution in [1.29, 1.82) is 0 Å². The third-order valence-corrected chi connectivity index (χ3v) is 5.14. The fourth-order valence-electron chi connectivity index (χ4n) is 3.41. The minimum atomic E-state index is -0.620. The van der Waals surface area contributed by atoms with Crippen LogP contribution in [0.1, 0.15) is 30.5 Å². The molecule has 1 N–H and O–H groups in total. The van der Waals surface area contributed by atoms with Crippen molar-refractivity contribution >= 4 is 23.2 Å². The van der Waals surface area contributed by atoms with Crippen LogP contribution in [0, 0.1) is 5.82 Å². The summed E-state index contributed by atoms with van der Waals surface area (Å²) in [4.78, 5) is 17.3. The van der Waals surface area contributed by atoms with E-state index in [1.54, 1.807) is 18.3 Å². The third-order valence-electron chi connectivity index (χ3n) is 4.91. The van der Waals surface area contributed by atoms with Gasteiger partial charge in [0.25, 0.3) is 0 Å². The number of pyridine rings is 1. The number of aromatic nitrogens is 2. The van der Waals surface area contributed by atoms with Gasteiger partial charge >= 0.3 is 0 Å². The molecule has 6 heteroatoms. The third kappa shape index (κ3) is 2.89. The smallest absolute Gasteiger partial charge is 0.230 e. The molecule has 1 amide bonds. The lowest BCUT2D eigenvalue weighted by molar-refractivity contribution is -0.130. The first kappa shape index (κ1) is 16.1. The van der Waals surface area contributed by atoms with Crippen molar-refractivity contribution in [2.75, 3.05) is 0 Å². The highest BCUT2D eigenvalue weighted by Crippen LogP contribution is 2.44. The van der Waals surface area contributed by atoms with E-state index in [0.29, 0.717) is 11.6 Å². The van der Waals surface area contributed by atoms with Crippen LogP contribution >= 0.6 is 11.6 Å². The van der Waals surface area contributed by atoms with Gasteiger partial charge in [0.1, 0.15) is 11.5 Å². The van der Waals surface area contributed by atoms with Crippen molar-refractivity contribution < 1.29 is 9.18 Å². The van der Waals surface area contributed by atoms with Gasteiger partial charge in [-0.2, -0.15) is 0 Å². The Balaban J connectivity index is 1.52. The minimum Gasteiger partial charge on any atom is -0.350 e. The molecule has 1 aliphatic rings. The maximum atomic E-state index is 13.6. The molecule has 4 nitrogen and oxygen atoms in total. The molecule has 1 fully saturated rings. The predicted molar refractivity (Wildman–Crippen MR) is 94.0 cm³/mol. The van der Waals surface area contributed by atoms with E-state index >= 15 is 0 Å². The Hall–Kier alpha value is -2.40. The molecule has 3 aromatic rings. The van der Waals surface area contributed by atoms with Crippen molar-refractivity contribution in [1.82, 2.24) is 14.7 Å². The van der Waals surface area contributed by atoms with Gasteiger partial charge in [-0.1, -0.05) is 30.2 Å². The summed E-state index contributed by atoms with van der Waals surface area (Å²) >= 11 is 5.97. The molecule has 128 valence electrons. The van der Waals surface area contributed by atoms with Crippen molar-refractivity contribution in [2.24, 2.45) is 0 Å². The van der Waals surface area contributed by atoms with Crippen LogP contribution in [0.4, 0.5) is 4.39 Å². The van der Waals surface area contributed by atoms with Crippen LogP contribution in [0.25, 0.3) is 5.65 Å². The Morgan fingerprint density at radius 3 is 2.84 bits per heavy atom. The molecule has 0 atom stereocenters. The van der Waals surface area contributed by atoms with Crippen molar-refractivity contribution in [2.45, 2.75) is 31.2 Å². The van der Waals surface area contributed by atoms with Crippen molar-refractivity contribution in [3.8, 4) is 0 Å². The number of amides is 1. The van der Waals surface area contributed by atoms with Gasteiger partial charge in [0, 0.05) is 12.4 Å². The molecule has 0 unspecified atom stereocenters. The molecule has 0 saturated heterocycles. The highest BCUT2D eigenvalue weighted by molar-refractivity contribution is 6.30. The summed E-state index contributed by atoms with van der Waals surface area (Å²) < 4.78 is 15.4. The zero-order valence-electron chi connectivity index (χ0n) is 13.5. The van der Waals surface area contributed by atoms with Gasteiger partial charge in [-0.15, -0.1) is 0 Å². The van der Waals surface area contributed by atoms with Crippen LogP contribution in [0.3, 0.4) is 0 Å². The van der Waals surface area contributed by atoms with E-state index < -0.39 is 5.41 Å². The average molecular weight is 358 g/mol. The van der Waals surface area contributed by atoms with E-state index in [4.69, 9.17) is 11.6 Å². The van der Waals surface area contributed by atoms with E-state index in [0.717, 1.165) is 36.2 Å². The highest BCUT2D eigenvalue weighted by Gasteiger charge is 2.45. The first-order valence-corrected chi connectivity index (χ1v) is 8.62. The largest absolute Gasteiger partial charge is 0.350 e. The molecule has 0 bridgehead atoms. The summed E-state index contributed by atoms with van der Waals surface area (Å²) in [5.74, 6) is -0.381. The van der Waals surface area contributed by atoms with Crippen molar-refractivity contribution in [3.63, 3.8) is 0 Å². The quantitative estimate of drug-likeness (QED) is 0.770. The van der Waals surface area contributed by atoms with Gasteiger partial charge in [0.15, 0.2) is 0 Å². The molecule has 25 heavy (non-hydrogen) atoms. The number of imidazole rings is 1. The van der Waals surface area contributed by atoms with Gasteiger partial charge in [-0.25, -0.2) is 9.37 Å². The van der Waals surface area contributed by atoms with E-state index in [1.807, 2.05) is 22.7 Å². The highest BCUT2D eigenvalue weighted by atomic mass is 35.5. The second kappa shape index (κ2) is 6.15. The van der Waals surface area contributed by atoms with Crippen LogP contribution in [0.15, 0.2) is 48.8 Å². The molecular formula is C19H17ClFN3O. The van der Waals surface area contributed by atoms with Gasteiger partial charge in [0.2, 0.25) is 5.91 Å². The maximum absolute atomic E-state index is 13.6. The second-order valence-corrected chi connectivity index (χ2v) is 6.91. The molecular weight excluding hydrogens is 341 g/mol. The Bertz CT molecular complexity index is 949. The number of nitrogens with zero attached hydrogens (tertiary/aromatic N) is 2. The standard InChI is InChI=1S/C19H17ClFN3O/c20-14-5-6-17-23-16(12-24(17)11-14)10-22-18(25)19(7-2-8-19)13-3-1-4-15(21)9-13/h1,3-6,9,11-12H,2,7-8,10H2,(H,22,25). The number of fused-ring (bicyclic) bond motifs is 1. The molecule has 1 aromatic carbocycles. The molecule has 2 aromatic heterocycles. The lowest BCUT2D eigenvalue weighted by atomic mass is 9.64. The fourth-order valence-corrected chi connectivity index (χ4v) is 3.57. The summed E-state index contributed by atoms with van der Waals surface area (Å²) in [6, 6.07) is 9.95. The van der Waals surface area contributed by atoms with Crippen molar-refractivity contribution in [3.05, 3.63) is 70.9 Å². The Morgan fingerprint density at radius 1 is 1.28 bits per heavy atom. The van der Waals surface area contributed by atoms with E-state index in [9.17, 15) is 9.18 Å². The average Bonchev–Trinajstić information content (AvgIpc) is 2.94. The molecule has 0 aliphatic heterocycles. The number of hydrogen-bond donors (Lipinski definition) is 1. The Labute approximate surface area is 149 Å². The first-order valence-electron chi connectivity index (χ1n) is 8.24. The zero-order chi connectivity index (χ0) is 17.4. The van der Waals surface area contributed by atoms with Crippen LogP contribution in [0.5, 0.6) is 0 Å². The van der Waals surface area contributed by atoms with Gasteiger partial charge in [-0.3, -0.25) is 4.79 Å². The molecule has 1 saturated carbocycles. The zero-order valence-corrected chi connectivity index (χ0v) is 14.3. The topological polar surface area (TPSA) is 46.4 Å². The number of benzene rings is 1. The number of carbonyl (C=O) groups is 1. The molecule has 4 rings (SSSR count). The number of halogens is 2. The summed E-state index contributed by atoms with van der Waals surface area (Å²) in [7, 11) is 0. The van der Waals surface area contributed by atoms with E-state index in [-0.39, 0.29) is 11.7 Å². The number of hydrogen-bond acceptors (Lipinski definition) is 2. The molecule has 0 radical (unpaired) electrons. The van der Waals surface area contributed by atoms with E-state index in [2.05, 4.69) is 10.3 Å². The number of nitrogens with one attached hydrogen (secondary N) is 1. The Morgan fingerprint density at radius 2 is 2.12 bits per heavy atom. The number of carbonyl (C=O) groups excluding carboxylic acids is 1. The lowest BCUT2D eigenvalue weighted by Crippen LogP contribution is -2.49. The molecule has 1 aliphatic carbocycles. The normalized spacial score (nSPS) is 15.8. The predicted octanol–water partition coefficient (Wildman–Crippen LogP) is 3.86. The van der Waals surface area contributed by atoms with Gasteiger partial charge in [0.05, 0.1) is 22.7 Å². The molecule has 2 heterocycles. The SMILES string of the molecule is O=C(NCc1cn2cc(Cl)ccc2n1)C1(c2cccc(F)c2)CCC1. The van der Waals surface area contributed by atoms with Gasteiger partial charge < -0.3 is 9.72 Å². The van der Waals surface area contributed by atoms with Crippen LogP contribution in [-0.2, 0) is 16.8 Å². The fraction of sp³-hybridized carbons (Fsp3) is 0.263. The maximum Gasteiger partial charge on any atom is 0.230 e. The minimum absolute atomic E-state index is 0.0700. The molecule has 0 spiro atoms. The van der Waals surface area contributed by atoms with Gasteiger partial charge in [-0.05, 0) is 42.7 Å². The number of rotatable bonds is 4. The Kier molecular flexibility index (Phi) is 3.96. The lowest BCUT2D eigenvalue weighted by Gasteiger charge is -2.40. The summed E-state index contributed by atoms with van der Waals surface area (Å²) in [5, 5.41) is 3.59. The first-order chi connectivity index (χ1) is 12.1. The van der Waals surface area contributed by atoms with Crippen LogP contribution in [0.2, 0.25) is 5.02 Å². The van der Waals surface area contributed by atoms with E-state index in [1.165, 1.54) is 12.1 Å². The summed E-state index contributed by atoms with van der Waals surface area (Å²) in [6.45, 7) is 0.329. The monoisotopic (exact) mass is 357 g/mol. The second-order valence-electron chi connectivity index (χ2n) is 6.47. The van der Waals surface area contributed by atoms with Crippen LogP contribution < -0.4 is 5.32 Å². The van der Waals surface area contributed by atoms with Crippen LogP contribution in [-0.4, -0.2) is 15.3 Å².